The summed E-state index contributed by atoms with van der Waals surface area (Å²) in [4.78, 5) is 28.9. The molecule has 0 bridgehead atoms. The summed E-state index contributed by atoms with van der Waals surface area (Å²) in [6.45, 7) is 6.83. The minimum absolute atomic E-state index is 0.00661. The normalized spacial score (nSPS) is 19.7. The number of methoxy groups -OCH3 is 2. The van der Waals surface area contributed by atoms with E-state index in [1.807, 2.05) is 61.2 Å². The van der Waals surface area contributed by atoms with Crippen molar-refractivity contribution in [3.05, 3.63) is 59.2 Å². The molecule has 212 valence electrons. The summed E-state index contributed by atoms with van der Waals surface area (Å²) in [5.74, 6) is 1.15. The molecule has 8 heteroatoms. The maximum atomic E-state index is 13.8. The van der Waals surface area contributed by atoms with E-state index in [4.69, 9.17) is 14.2 Å². The van der Waals surface area contributed by atoms with Gasteiger partial charge in [-0.15, -0.1) is 0 Å². The zero-order chi connectivity index (χ0) is 27.8. The molecule has 2 N–H and O–H groups in total. The number of nitrogens with zero attached hydrogens (tertiary/aromatic N) is 1. The van der Waals surface area contributed by atoms with Gasteiger partial charge in [0.05, 0.1) is 31.6 Å². The summed E-state index contributed by atoms with van der Waals surface area (Å²) < 4.78 is 16.8. The number of carbonyl (C=O) groups is 2. The van der Waals surface area contributed by atoms with Crippen LogP contribution >= 0.6 is 0 Å². The maximum absolute atomic E-state index is 13.8. The van der Waals surface area contributed by atoms with E-state index in [2.05, 4.69) is 10.6 Å². The second kappa shape index (κ2) is 13.8. The zero-order valence-corrected chi connectivity index (χ0v) is 23.7. The van der Waals surface area contributed by atoms with E-state index in [9.17, 15) is 9.59 Å². The van der Waals surface area contributed by atoms with Crippen LogP contribution in [0.1, 0.15) is 55.3 Å². The highest BCUT2D eigenvalue weighted by atomic mass is 16.5. The molecule has 2 aromatic rings. The molecule has 1 heterocycles. The molecule has 3 atom stereocenters. The Labute approximate surface area is 232 Å². The van der Waals surface area contributed by atoms with Crippen LogP contribution in [0.3, 0.4) is 0 Å². The van der Waals surface area contributed by atoms with Crippen molar-refractivity contribution >= 4 is 11.8 Å². The van der Waals surface area contributed by atoms with Gasteiger partial charge < -0.3 is 29.7 Å². The molecule has 4 rings (SSSR count). The van der Waals surface area contributed by atoms with Gasteiger partial charge in [-0.1, -0.05) is 30.3 Å². The number of piperidine rings is 1. The van der Waals surface area contributed by atoms with Crippen LogP contribution < -0.4 is 20.1 Å². The molecule has 1 aliphatic heterocycles. The van der Waals surface area contributed by atoms with E-state index in [1.54, 1.807) is 14.2 Å². The summed E-state index contributed by atoms with van der Waals surface area (Å²) in [5, 5.41) is 6.49. The lowest BCUT2D eigenvalue weighted by Gasteiger charge is -2.33. The molecule has 2 aliphatic rings. The van der Waals surface area contributed by atoms with E-state index in [1.165, 1.54) is 0 Å². The van der Waals surface area contributed by atoms with Crippen LogP contribution in [0.5, 0.6) is 11.5 Å². The van der Waals surface area contributed by atoms with Gasteiger partial charge in [0, 0.05) is 51.4 Å². The zero-order valence-electron chi connectivity index (χ0n) is 23.7. The molecule has 1 saturated heterocycles. The maximum Gasteiger partial charge on any atom is 0.227 e. The third kappa shape index (κ3) is 7.73. The lowest BCUT2D eigenvalue weighted by Crippen LogP contribution is -2.49. The van der Waals surface area contributed by atoms with Crippen LogP contribution in [0, 0.1) is 18.8 Å². The van der Waals surface area contributed by atoms with Gasteiger partial charge in [0.2, 0.25) is 11.8 Å². The predicted molar refractivity (Wildman–Crippen MR) is 151 cm³/mol. The molecule has 1 saturated carbocycles. The van der Waals surface area contributed by atoms with Crippen molar-refractivity contribution in [1.29, 1.82) is 0 Å². The van der Waals surface area contributed by atoms with Crippen molar-refractivity contribution in [2.45, 2.75) is 58.2 Å². The fourth-order valence-corrected chi connectivity index (χ4v) is 5.25. The van der Waals surface area contributed by atoms with E-state index in [-0.39, 0.29) is 35.7 Å². The number of amides is 2. The number of hydrogen-bond donors (Lipinski definition) is 2. The molecule has 2 unspecified atom stereocenters. The van der Waals surface area contributed by atoms with Crippen LogP contribution in [0.4, 0.5) is 0 Å². The molecule has 2 fully saturated rings. The highest BCUT2D eigenvalue weighted by Crippen LogP contribution is 2.35. The van der Waals surface area contributed by atoms with Crippen LogP contribution in [-0.4, -0.2) is 63.3 Å². The third-order valence-corrected chi connectivity index (χ3v) is 7.69. The second-order valence-electron chi connectivity index (χ2n) is 10.7. The molecule has 0 radical (unpaired) electrons. The Balaban J connectivity index is 1.42. The summed E-state index contributed by atoms with van der Waals surface area (Å²) in [5.41, 5.74) is 2.99. The van der Waals surface area contributed by atoms with Crippen LogP contribution in [0.2, 0.25) is 0 Å². The van der Waals surface area contributed by atoms with Gasteiger partial charge in [-0.25, -0.2) is 0 Å². The van der Waals surface area contributed by atoms with Gasteiger partial charge in [-0.05, 0) is 56.4 Å². The van der Waals surface area contributed by atoms with E-state index < -0.39 is 0 Å². The molecular formula is C31H43N3O5. The van der Waals surface area contributed by atoms with Gasteiger partial charge in [0.1, 0.15) is 11.5 Å². The Hall–Kier alpha value is -3.10. The number of rotatable bonds is 13. The molecule has 8 nitrogen and oxygen atoms in total. The molecule has 0 spiro atoms. The molecule has 2 aromatic carbocycles. The summed E-state index contributed by atoms with van der Waals surface area (Å²) >= 11 is 0. The topological polar surface area (TPSA) is 89.1 Å². The molecular weight excluding hydrogens is 494 g/mol. The molecule has 2 amide bonds. The number of benzene rings is 2. The molecule has 1 aliphatic carbocycles. The monoisotopic (exact) mass is 537 g/mol. The lowest BCUT2D eigenvalue weighted by molar-refractivity contribution is -0.138. The Kier molecular flexibility index (Phi) is 10.2. The van der Waals surface area contributed by atoms with E-state index >= 15 is 0 Å². The quantitative estimate of drug-likeness (QED) is 0.376. The number of ether oxygens (including phenoxy) is 3. The second-order valence-corrected chi connectivity index (χ2v) is 10.7. The summed E-state index contributed by atoms with van der Waals surface area (Å²) in [6.07, 6.45) is 3.36. The lowest BCUT2D eigenvalue weighted by atomic mass is 9.88. The Bertz CT molecular complexity index is 1100. The first-order chi connectivity index (χ1) is 18.9. The first kappa shape index (κ1) is 28.9. The van der Waals surface area contributed by atoms with Gasteiger partial charge in [-0.2, -0.15) is 0 Å². The number of hydrogen-bond acceptors (Lipinski definition) is 6. The number of carbonyl (C=O) groups excluding carboxylic acids is 2. The largest absolute Gasteiger partial charge is 0.496 e. The van der Waals surface area contributed by atoms with Gasteiger partial charge in [0.15, 0.2) is 0 Å². The average molecular weight is 538 g/mol. The minimum Gasteiger partial charge on any atom is -0.496 e. The van der Waals surface area contributed by atoms with Gasteiger partial charge in [0.25, 0.3) is 0 Å². The Morgan fingerprint density at radius 2 is 1.77 bits per heavy atom. The van der Waals surface area contributed by atoms with E-state index in [0.29, 0.717) is 39.3 Å². The predicted octanol–water partition coefficient (Wildman–Crippen LogP) is 4.01. The van der Waals surface area contributed by atoms with Crippen molar-refractivity contribution in [3.63, 3.8) is 0 Å². The highest BCUT2D eigenvalue weighted by Gasteiger charge is 2.39. The fourth-order valence-electron chi connectivity index (χ4n) is 5.25. The molecule has 39 heavy (non-hydrogen) atoms. The minimum atomic E-state index is -0.244. The average Bonchev–Trinajstić information content (AvgIpc) is 3.81. The SMILES string of the molecule is COCCCOc1cc(CN(C(=O)C2CNCC(C(=O)N[C@@H](C)c3ccccc3)C2)C2CC2)cc(OC)c1C. The van der Waals surface area contributed by atoms with Crippen molar-refractivity contribution < 1.29 is 23.8 Å². The Morgan fingerprint density at radius 3 is 2.46 bits per heavy atom. The number of nitrogens with one attached hydrogen (secondary N) is 2. The van der Waals surface area contributed by atoms with Gasteiger partial charge in [-0.3, -0.25) is 9.59 Å². The van der Waals surface area contributed by atoms with Crippen molar-refractivity contribution in [1.82, 2.24) is 15.5 Å². The first-order valence-corrected chi connectivity index (χ1v) is 14.1. The van der Waals surface area contributed by atoms with Crippen molar-refractivity contribution in [2.24, 2.45) is 11.8 Å². The Morgan fingerprint density at radius 1 is 1.05 bits per heavy atom. The van der Waals surface area contributed by atoms with Crippen LogP contribution in [0.15, 0.2) is 42.5 Å². The molecule has 0 aromatic heterocycles. The smallest absolute Gasteiger partial charge is 0.227 e. The first-order valence-electron chi connectivity index (χ1n) is 14.1. The summed E-state index contributed by atoms with van der Waals surface area (Å²) in [6, 6.07) is 14.1. The third-order valence-electron chi connectivity index (χ3n) is 7.69. The van der Waals surface area contributed by atoms with Crippen LogP contribution in [0.25, 0.3) is 0 Å². The van der Waals surface area contributed by atoms with Gasteiger partial charge >= 0.3 is 0 Å². The van der Waals surface area contributed by atoms with Crippen molar-refractivity contribution in [3.8, 4) is 11.5 Å². The fraction of sp³-hybridized carbons (Fsp3) is 0.548. The van der Waals surface area contributed by atoms with E-state index in [0.717, 1.165) is 47.5 Å². The van der Waals surface area contributed by atoms with Crippen molar-refractivity contribution in [2.75, 3.05) is 40.5 Å². The van der Waals surface area contributed by atoms with Crippen LogP contribution in [-0.2, 0) is 20.9 Å². The summed E-state index contributed by atoms with van der Waals surface area (Å²) in [7, 11) is 3.34. The highest BCUT2D eigenvalue weighted by molar-refractivity contribution is 5.83. The standard InChI is InChI=1S/C31H43N3O5/c1-21-28(38-4)15-23(16-29(21)39-14-8-13-37-3)20-34(27-11-12-27)31(36)26-17-25(18-32-19-26)30(35)33-22(2)24-9-6-5-7-10-24/h5-7,9-10,15-16,22,25-27,32H,8,11-14,17-20H2,1-4H3,(H,33,35)/t22-,25?,26?/m0/s1.